The Balaban J connectivity index is 2.12. The van der Waals surface area contributed by atoms with E-state index in [0.29, 0.717) is 26.3 Å². The van der Waals surface area contributed by atoms with E-state index in [2.05, 4.69) is 5.32 Å². The van der Waals surface area contributed by atoms with E-state index < -0.39 is 15.9 Å². The third kappa shape index (κ3) is 6.17. The number of hydrogen-bond acceptors (Lipinski definition) is 3. The molecule has 5 nitrogen and oxygen atoms in total. The van der Waals surface area contributed by atoms with Crippen molar-refractivity contribution < 1.29 is 13.2 Å². The van der Waals surface area contributed by atoms with E-state index in [1.807, 2.05) is 0 Å². The molecule has 0 heterocycles. The molecule has 0 aliphatic carbocycles. The van der Waals surface area contributed by atoms with Gasteiger partial charge in [0.15, 0.2) is 0 Å². The summed E-state index contributed by atoms with van der Waals surface area (Å²) in [5, 5.41) is 3.77. The van der Waals surface area contributed by atoms with Crippen LogP contribution >= 0.6 is 34.8 Å². The molecule has 0 atom stereocenters. The zero-order chi connectivity index (χ0) is 18.6. The van der Waals surface area contributed by atoms with Crippen LogP contribution in [0.15, 0.2) is 42.5 Å². The first-order chi connectivity index (χ1) is 11.6. The molecular weight excluding hydrogens is 407 g/mol. The number of carbonyl (C=O) groups excluding carboxylic acids is 1. The monoisotopic (exact) mass is 420 g/mol. The highest BCUT2D eigenvalue weighted by Crippen LogP contribution is 2.23. The second kappa shape index (κ2) is 8.38. The largest absolute Gasteiger partial charge is 0.325 e. The molecule has 1 amide bonds. The van der Waals surface area contributed by atoms with Gasteiger partial charge in [-0.25, -0.2) is 8.42 Å². The van der Waals surface area contributed by atoms with Gasteiger partial charge in [0.05, 0.1) is 22.8 Å². The molecule has 0 saturated carbocycles. The quantitative estimate of drug-likeness (QED) is 0.765. The average molecular weight is 422 g/mol. The lowest BCUT2D eigenvalue weighted by Crippen LogP contribution is -2.36. The predicted molar refractivity (Wildman–Crippen MR) is 102 cm³/mol. The van der Waals surface area contributed by atoms with Crippen molar-refractivity contribution in [3.63, 3.8) is 0 Å². The lowest BCUT2D eigenvalue weighted by atomic mass is 10.2. The topological polar surface area (TPSA) is 66.5 Å². The van der Waals surface area contributed by atoms with Gasteiger partial charge in [-0.15, -0.1) is 0 Å². The van der Waals surface area contributed by atoms with Crippen molar-refractivity contribution in [1.29, 1.82) is 0 Å². The van der Waals surface area contributed by atoms with Crippen LogP contribution in [0.1, 0.15) is 5.56 Å². The van der Waals surface area contributed by atoms with Gasteiger partial charge in [-0.3, -0.25) is 4.79 Å². The molecule has 25 heavy (non-hydrogen) atoms. The normalized spacial score (nSPS) is 11.6. The first kappa shape index (κ1) is 20.0. The minimum atomic E-state index is -3.61. The number of benzene rings is 2. The van der Waals surface area contributed by atoms with Crippen molar-refractivity contribution in [3.05, 3.63) is 63.1 Å². The number of rotatable bonds is 6. The van der Waals surface area contributed by atoms with Crippen LogP contribution in [0.3, 0.4) is 0 Å². The minimum Gasteiger partial charge on any atom is -0.325 e. The van der Waals surface area contributed by atoms with Crippen LogP contribution in [-0.4, -0.2) is 31.4 Å². The van der Waals surface area contributed by atoms with Crippen molar-refractivity contribution in [2.24, 2.45) is 0 Å². The van der Waals surface area contributed by atoms with Crippen molar-refractivity contribution in [3.8, 4) is 0 Å². The zero-order valence-corrected chi connectivity index (χ0v) is 16.3. The summed E-state index contributed by atoms with van der Waals surface area (Å²) in [7, 11) is -3.61. The molecule has 2 aromatic carbocycles. The summed E-state index contributed by atoms with van der Waals surface area (Å²) in [6.07, 6.45) is 1.04. The number of carbonyl (C=O) groups is 1. The summed E-state index contributed by atoms with van der Waals surface area (Å²) in [6, 6.07) is 11.4. The van der Waals surface area contributed by atoms with Gasteiger partial charge in [0.1, 0.15) is 0 Å². The molecule has 0 aliphatic rings. The summed E-state index contributed by atoms with van der Waals surface area (Å²) in [5.41, 5.74) is 1.11. The molecule has 0 radical (unpaired) electrons. The van der Waals surface area contributed by atoms with Crippen LogP contribution in [0.25, 0.3) is 0 Å². The number of nitrogens with zero attached hydrogens (tertiary/aromatic N) is 1. The molecule has 0 spiro atoms. The highest BCUT2D eigenvalue weighted by molar-refractivity contribution is 7.88. The number of anilines is 1. The van der Waals surface area contributed by atoms with Gasteiger partial charge in [0.2, 0.25) is 15.9 Å². The number of nitrogens with one attached hydrogen (secondary N) is 1. The third-order valence-corrected chi connectivity index (χ3v) is 5.41. The fourth-order valence-corrected chi connectivity index (χ4v) is 3.31. The van der Waals surface area contributed by atoms with Gasteiger partial charge in [0.25, 0.3) is 0 Å². The molecule has 2 rings (SSSR count). The first-order valence-electron chi connectivity index (χ1n) is 7.09. The first-order valence-corrected chi connectivity index (χ1v) is 10.1. The summed E-state index contributed by atoms with van der Waals surface area (Å²) in [6.45, 7) is -0.343. The predicted octanol–water partition coefficient (Wildman–Crippen LogP) is 4.05. The highest BCUT2D eigenvalue weighted by atomic mass is 35.5. The Morgan fingerprint density at radius 3 is 2.40 bits per heavy atom. The van der Waals surface area contributed by atoms with Gasteiger partial charge < -0.3 is 5.32 Å². The fraction of sp³-hybridized carbons (Fsp3) is 0.188. The summed E-state index contributed by atoms with van der Waals surface area (Å²) in [5.74, 6) is -0.479. The van der Waals surface area contributed by atoms with Crippen LogP contribution in [-0.2, 0) is 21.4 Å². The summed E-state index contributed by atoms with van der Waals surface area (Å²) >= 11 is 17.7. The molecule has 0 bridgehead atoms. The Morgan fingerprint density at radius 2 is 1.80 bits per heavy atom. The Morgan fingerprint density at radius 1 is 1.08 bits per heavy atom. The van der Waals surface area contributed by atoms with E-state index >= 15 is 0 Å². The second-order valence-corrected chi connectivity index (χ2v) is 8.57. The number of halogens is 3. The van der Waals surface area contributed by atoms with Crippen LogP contribution in [0.2, 0.25) is 15.1 Å². The van der Waals surface area contributed by atoms with Crippen LogP contribution in [0.5, 0.6) is 0 Å². The zero-order valence-electron chi connectivity index (χ0n) is 13.2. The maximum Gasteiger partial charge on any atom is 0.239 e. The van der Waals surface area contributed by atoms with Gasteiger partial charge in [0, 0.05) is 17.3 Å². The number of amides is 1. The van der Waals surface area contributed by atoms with Crippen molar-refractivity contribution in [2.45, 2.75) is 6.54 Å². The molecular formula is C16H15Cl3N2O3S. The standard InChI is InChI=1S/C16H15Cl3N2O3S/c1-25(23,24)21(9-11-5-6-14(18)15(19)7-11)10-16(22)20-13-4-2-3-12(17)8-13/h2-8H,9-10H2,1H3,(H,20,22). The van der Waals surface area contributed by atoms with Gasteiger partial charge >= 0.3 is 0 Å². The minimum absolute atomic E-state index is 0.00130. The van der Waals surface area contributed by atoms with E-state index in [0.717, 1.165) is 10.6 Å². The molecule has 0 fully saturated rings. The molecule has 0 unspecified atom stereocenters. The maximum absolute atomic E-state index is 12.2. The molecule has 0 aromatic heterocycles. The summed E-state index contributed by atoms with van der Waals surface area (Å²) in [4.78, 5) is 12.2. The van der Waals surface area contributed by atoms with Crippen molar-refractivity contribution in [1.82, 2.24) is 4.31 Å². The molecule has 2 aromatic rings. The SMILES string of the molecule is CS(=O)(=O)N(CC(=O)Nc1cccc(Cl)c1)Cc1ccc(Cl)c(Cl)c1. The van der Waals surface area contributed by atoms with Gasteiger partial charge in [-0.2, -0.15) is 4.31 Å². The smallest absolute Gasteiger partial charge is 0.239 e. The van der Waals surface area contributed by atoms with Crippen LogP contribution < -0.4 is 5.32 Å². The number of sulfonamides is 1. The van der Waals surface area contributed by atoms with Gasteiger partial charge in [-0.05, 0) is 35.9 Å². The van der Waals surface area contributed by atoms with Crippen molar-refractivity contribution in [2.75, 3.05) is 18.1 Å². The molecule has 1 N–H and O–H groups in total. The summed E-state index contributed by atoms with van der Waals surface area (Å²) < 4.78 is 25.0. The lowest BCUT2D eigenvalue weighted by molar-refractivity contribution is -0.116. The maximum atomic E-state index is 12.2. The highest BCUT2D eigenvalue weighted by Gasteiger charge is 2.21. The Bertz CT molecular complexity index is 888. The van der Waals surface area contributed by atoms with Crippen LogP contribution in [0, 0.1) is 0 Å². The van der Waals surface area contributed by atoms with Crippen molar-refractivity contribution >= 4 is 56.4 Å². The second-order valence-electron chi connectivity index (χ2n) is 5.34. The third-order valence-electron chi connectivity index (χ3n) is 3.24. The molecule has 9 heteroatoms. The molecule has 0 aliphatic heterocycles. The van der Waals surface area contributed by atoms with Crippen LogP contribution in [0.4, 0.5) is 5.69 Å². The molecule has 0 saturated heterocycles. The fourth-order valence-electron chi connectivity index (χ4n) is 2.06. The van der Waals surface area contributed by atoms with E-state index in [4.69, 9.17) is 34.8 Å². The molecule has 134 valence electrons. The Labute approximate surface area is 161 Å². The number of hydrogen-bond donors (Lipinski definition) is 1. The lowest BCUT2D eigenvalue weighted by Gasteiger charge is -2.20. The Kier molecular flexibility index (Phi) is 6.71. The average Bonchev–Trinajstić information content (AvgIpc) is 2.49. The van der Waals surface area contributed by atoms with E-state index in [9.17, 15) is 13.2 Å². The van der Waals surface area contributed by atoms with Gasteiger partial charge in [-0.1, -0.05) is 46.9 Å². The van der Waals surface area contributed by atoms with E-state index in [1.165, 1.54) is 0 Å². The van der Waals surface area contributed by atoms with E-state index in [-0.39, 0.29) is 13.1 Å². The van der Waals surface area contributed by atoms with E-state index in [1.54, 1.807) is 42.5 Å². The Hall–Kier alpha value is -1.31.